The van der Waals surface area contributed by atoms with E-state index >= 15 is 0 Å². The van der Waals surface area contributed by atoms with Gasteiger partial charge in [0, 0.05) is 18.2 Å². The van der Waals surface area contributed by atoms with E-state index in [1.54, 1.807) is 6.26 Å². The molecule has 0 atom stereocenters. The van der Waals surface area contributed by atoms with Crippen molar-refractivity contribution in [2.24, 2.45) is 0 Å². The van der Waals surface area contributed by atoms with Gasteiger partial charge >= 0.3 is 0 Å². The lowest BCUT2D eigenvalue weighted by molar-refractivity contribution is 0.422. The Kier molecular flexibility index (Phi) is 2.78. The molecule has 0 bridgehead atoms. The third-order valence-corrected chi connectivity index (χ3v) is 3.57. The molecule has 0 radical (unpaired) electrons. The molecule has 4 heteroatoms. The first kappa shape index (κ1) is 11.9. The van der Waals surface area contributed by atoms with Gasteiger partial charge in [-0.15, -0.1) is 0 Å². The molecule has 0 aliphatic heterocycles. The van der Waals surface area contributed by atoms with E-state index in [0.29, 0.717) is 0 Å². The van der Waals surface area contributed by atoms with Gasteiger partial charge in [0.05, 0.1) is 17.4 Å². The molecule has 21 heavy (non-hydrogen) atoms. The van der Waals surface area contributed by atoms with Crippen LogP contribution in [-0.2, 0) is 6.54 Å². The standard InChI is InChI=1S/C17H13N3O/c1-2-4-17-16(3-1)18-12-20(17)11-13-5-7-14(8-6-13)15-9-10-21-19-15/h1-10,12H,11H2. The maximum atomic E-state index is 4.87. The number of hydrogen-bond acceptors (Lipinski definition) is 3. The van der Waals surface area contributed by atoms with Crippen molar-refractivity contribution >= 4 is 11.0 Å². The Labute approximate surface area is 121 Å². The zero-order valence-electron chi connectivity index (χ0n) is 11.3. The summed E-state index contributed by atoms with van der Waals surface area (Å²) < 4.78 is 7.02. The summed E-state index contributed by atoms with van der Waals surface area (Å²) >= 11 is 0. The summed E-state index contributed by atoms with van der Waals surface area (Å²) in [5.74, 6) is 0. The van der Waals surface area contributed by atoms with Crippen LogP contribution in [0.2, 0.25) is 0 Å². The molecule has 2 heterocycles. The summed E-state index contributed by atoms with van der Waals surface area (Å²) in [7, 11) is 0. The molecule has 0 aliphatic carbocycles. The highest BCUT2D eigenvalue weighted by Crippen LogP contribution is 2.19. The van der Waals surface area contributed by atoms with Crippen LogP contribution in [0, 0.1) is 0 Å². The second kappa shape index (κ2) is 4.90. The number of aromatic nitrogens is 3. The van der Waals surface area contributed by atoms with Gasteiger partial charge in [0.25, 0.3) is 0 Å². The van der Waals surface area contributed by atoms with E-state index in [1.165, 1.54) is 5.56 Å². The molecule has 0 saturated carbocycles. The highest BCUT2D eigenvalue weighted by molar-refractivity contribution is 5.75. The number of rotatable bonds is 3. The number of fused-ring (bicyclic) bond motifs is 1. The van der Waals surface area contributed by atoms with Gasteiger partial charge in [-0.3, -0.25) is 0 Å². The van der Waals surface area contributed by atoms with Gasteiger partial charge in [0.15, 0.2) is 0 Å². The quantitative estimate of drug-likeness (QED) is 0.572. The van der Waals surface area contributed by atoms with Crippen molar-refractivity contribution in [1.29, 1.82) is 0 Å². The number of para-hydroxylation sites is 2. The second-order valence-corrected chi connectivity index (χ2v) is 4.94. The predicted molar refractivity (Wildman–Crippen MR) is 80.8 cm³/mol. The van der Waals surface area contributed by atoms with Crippen molar-refractivity contribution in [3.63, 3.8) is 0 Å². The summed E-state index contributed by atoms with van der Waals surface area (Å²) in [6, 6.07) is 18.4. The molecule has 2 aromatic carbocycles. The monoisotopic (exact) mass is 275 g/mol. The highest BCUT2D eigenvalue weighted by Gasteiger charge is 2.04. The fourth-order valence-electron chi connectivity index (χ4n) is 2.48. The summed E-state index contributed by atoms with van der Waals surface area (Å²) in [5, 5.41) is 3.94. The maximum absolute atomic E-state index is 4.87. The largest absolute Gasteiger partial charge is 0.364 e. The Morgan fingerprint density at radius 1 is 0.952 bits per heavy atom. The zero-order chi connectivity index (χ0) is 14.1. The van der Waals surface area contributed by atoms with Gasteiger partial charge in [0.1, 0.15) is 12.0 Å². The summed E-state index contributed by atoms with van der Waals surface area (Å²) in [5.41, 5.74) is 5.32. The Morgan fingerprint density at radius 2 is 1.81 bits per heavy atom. The number of benzene rings is 2. The number of hydrogen-bond donors (Lipinski definition) is 0. The lowest BCUT2D eigenvalue weighted by Crippen LogP contribution is -1.97. The summed E-state index contributed by atoms with van der Waals surface area (Å²) in [6.07, 6.45) is 3.47. The first-order valence-corrected chi connectivity index (χ1v) is 6.80. The van der Waals surface area contributed by atoms with E-state index in [4.69, 9.17) is 4.52 Å². The van der Waals surface area contributed by atoms with Crippen LogP contribution < -0.4 is 0 Å². The topological polar surface area (TPSA) is 43.9 Å². The van der Waals surface area contributed by atoms with Crippen LogP contribution in [0.25, 0.3) is 22.3 Å². The van der Waals surface area contributed by atoms with Gasteiger partial charge in [-0.25, -0.2) is 4.98 Å². The molecule has 0 fully saturated rings. The SMILES string of the molecule is c1ccc2c(c1)ncn2Cc1ccc(-c2ccon2)cc1. The van der Waals surface area contributed by atoms with Crippen LogP contribution in [0.4, 0.5) is 0 Å². The van der Waals surface area contributed by atoms with E-state index in [2.05, 4.69) is 45.0 Å². The molecule has 4 aromatic rings. The van der Waals surface area contributed by atoms with Gasteiger partial charge < -0.3 is 9.09 Å². The van der Waals surface area contributed by atoms with Crippen LogP contribution in [0.3, 0.4) is 0 Å². The third kappa shape index (κ3) is 2.21. The fraction of sp³-hybridized carbons (Fsp3) is 0.0588. The van der Waals surface area contributed by atoms with E-state index in [0.717, 1.165) is 28.8 Å². The van der Waals surface area contributed by atoms with Gasteiger partial charge in [0.2, 0.25) is 0 Å². The average Bonchev–Trinajstić information content (AvgIpc) is 3.19. The van der Waals surface area contributed by atoms with Gasteiger partial charge in [-0.05, 0) is 17.7 Å². The molecule has 0 spiro atoms. The Balaban J connectivity index is 1.63. The molecule has 0 saturated heterocycles. The van der Waals surface area contributed by atoms with Crippen molar-refractivity contribution in [2.45, 2.75) is 6.54 Å². The van der Waals surface area contributed by atoms with E-state index in [9.17, 15) is 0 Å². The molecular weight excluding hydrogens is 262 g/mol. The fourth-order valence-corrected chi connectivity index (χ4v) is 2.48. The maximum Gasteiger partial charge on any atom is 0.124 e. The molecule has 2 aromatic heterocycles. The molecular formula is C17H13N3O. The van der Waals surface area contributed by atoms with Crippen LogP contribution in [0.15, 0.2) is 71.7 Å². The van der Waals surface area contributed by atoms with Crippen LogP contribution in [0.1, 0.15) is 5.56 Å². The third-order valence-electron chi connectivity index (χ3n) is 3.57. The molecule has 0 N–H and O–H groups in total. The minimum Gasteiger partial charge on any atom is -0.364 e. The Hall–Kier alpha value is -2.88. The Morgan fingerprint density at radius 3 is 2.62 bits per heavy atom. The van der Waals surface area contributed by atoms with Crippen molar-refractivity contribution in [1.82, 2.24) is 14.7 Å². The lowest BCUT2D eigenvalue weighted by Gasteiger charge is -2.05. The van der Waals surface area contributed by atoms with Crippen molar-refractivity contribution < 1.29 is 4.52 Å². The Bertz CT molecular complexity index is 861. The van der Waals surface area contributed by atoms with Gasteiger partial charge in [-0.2, -0.15) is 0 Å². The lowest BCUT2D eigenvalue weighted by atomic mass is 10.1. The van der Waals surface area contributed by atoms with Crippen LogP contribution >= 0.6 is 0 Å². The molecule has 0 aliphatic rings. The molecule has 102 valence electrons. The van der Waals surface area contributed by atoms with E-state index < -0.39 is 0 Å². The minimum absolute atomic E-state index is 0.805. The van der Waals surface area contributed by atoms with Crippen molar-refractivity contribution in [3.05, 3.63) is 72.8 Å². The van der Waals surface area contributed by atoms with Crippen molar-refractivity contribution in [2.75, 3.05) is 0 Å². The predicted octanol–water partition coefficient (Wildman–Crippen LogP) is 3.74. The number of nitrogens with zero attached hydrogens (tertiary/aromatic N) is 3. The summed E-state index contributed by atoms with van der Waals surface area (Å²) in [4.78, 5) is 4.41. The second-order valence-electron chi connectivity index (χ2n) is 4.94. The molecule has 4 nitrogen and oxygen atoms in total. The molecule has 0 unspecified atom stereocenters. The normalized spacial score (nSPS) is 11.0. The smallest absolute Gasteiger partial charge is 0.124 e. The average molecular weight is 275 g/mol. The van der Waals surface area contributed by atoms with Crippen molar-refractivity contribution in [3.8, 4) is 11.3 Å². The minimum atomic E-state index is 0.805. The highest BCUT2D eigenvalue weighted by atomic mass is 16.5. The van der Waals surface area contributed by atoms with E-state index in [-0.39, 0.29) is 0 Å². The van der Waals surface area contributed by atoms with Crippen LogP contribution in [-0.4, -0.2) is 14.7 Å². The molecule has 0 amide bonds. The first-order chi connectivity index (χ1) is 10.4. The molecule has 4 rings (SSSR count). The number of imidazole rings is 1. The van der Waals surface area contributed by atoms with Gasteiger partial charge in [-0.1, -0.05) is 41.6 Å². The first-order valence-electron chi connectivity index (χ1n) is 6.80. The van der Waals surface area contributed by atoms with Crippen LogP contribution in [0.5, 0.6) is 0 Å². The zero-order valence-corrected chi connectivity index (χ0v) is 11.3. The summed E-state index contributed by atoms with van der Waals surface area (Å²) in [6.45, 7) is 0.805. The van der Waals surface area contributed by atoms with E-state index in [1.807, 2.05) is 30.6 Å².